The third kappa shape index (κ3) is 3.70. The first-order valence-electron chi connectivity index (χ1n) is 8.39. The van der Waals surface area contributed by atoms with Crippen molar-refractivity contribution >= 4 is 29.3 Å². The van der Waals surface area contributed by atoms with Gasteiger partial charge < -0.3 is 9.84 Å². The molecule has 1 saturated heterocycles. The van der Waals surface area contributed by atoms with Gasteiger partial charge in [0.1, 0.15) is 17.1 Å². The van der Waals surface area contributed by atoms with E-state index < -0.39 is 12.1 Å². The second-order valence-corrected chi connectivity index (χ2v) is 6.75. The van der Waals surface area contributed by atoms with Gasteiger partial charge in [0.15, 0.2) is 0 Å². The number of nitrogens with zero attached hydrogens (tertiary/aromatic N) is 2. The highest BCUT2D eigenvalue weighted by atomic mass is 35.5. The first-order valence-corrected chi connectivity index (χ1v) is 8.77. The highest BCUT2D eigenvalue weighted by molar-refractivity contribution is 6.32. The van der Waals surface area contributed by atoms with E-state index in [4.69, 9.17) is 21.4 Å². The smallest absolute Gasteiger partial charge is 0.338 e. The normalized spacial score (nSPS) is 21.6. The molecule has 0 radical (unpaired) electrons. The molecule has 1 N–H and O–H groups in total. The Labute approximate surface area is 145 Å². The molecule has 130 valence electrons. The van der Waals surface area contributed by atoms with Gasteiger partial charge in [0.25, 0.3) is 5.91 Å². The molecular formula is C17H21ClN2O4. The fourth-order valence-electron chi connectivity index (χ4n) is 3.45. The van der Waals surface area contributed by atoms with Gasteiger partial charge in [-0.3, -0.25) is 9.69 Å². The number of halogens is 1. The second kappa shape index (κ2) is 7.49. The Morgan fingerprint density at radius 2 is 2.08 bits per heavy atom. The summed E-state index contributed by atoms with van der Waals surface area (Å²) in [6.07, 6.45) is 6.34. The summed E-state index contributed by atoms with van der Waals surface area (Å²) in [5, 5.41) is 8.87. The first kappa shape index (κ1) is 17.2. The molecule has 1 aromatic rings. The number of amides is 1. The number of carboxylic acid groups (broad SMARTS) is 1. The van der Waals surface area contributed by atoms with Gasteiger partial charge in [-0.2, -0.15) is 0 Å². The average Bonchev–Trinajstić information content (AvgIpc) is 3.18. The zero-order chi connectivity index (χ0) is 17.1. The molecule has 24 heavy (non-hydrogen) atoms. The summed E-state index contributed by atoms with van der Waals surface area (Å²) in [5.41, 5.74) is -0.0728. The zero-order valence-corrected chi connectivity index (χ0v) is 14.2. The Morgan fingerprint density at radius 1 is 1.33 bits per heavy atom. The van der Waals surface area contributed by atoms with Crippen LogP contribution in [0.2, 0.25) is 5.15 Å². The summed E-state index contributed by atoms with van der Waals surface area (Å²) in [4.78, 5) is 29.0. The van der Waals surface area contributed by atoms with Crippen LogP contribution in [0, 0.1) is 5.92 Å². The van der Waals surface area contributed by atoms with Crippen LogP contribution >= 0.6 is 11.6 Å². The molecular weight excluding hydrogens is 332 g/mol. The predicted octanol–water partition coefficient (Wildman–Crippen LogP) is 3.14. The number of carbonyl (C=O) groups is 2. The van der Waals surface area contributed by atoms with E-state index in [-0.39, 0.29) is 16.6 Å². The zero-order valence-electron chi connectivity index (χ0n) is 13.4. The van der Waals surface area contributed by atoms with Crippen molar-refractivity contribution in [3.8, 4) is 0 Å². The summed E-state index contributed by atoms with van der Waals surface area (Å²) >= 11 is 5.88. The number of aromatic carboxylic acids is 1. The quantitative estimate of drug-likeness (QED) is 0.795. The minimum Gasteiger partial charge on any atom is -0.478 e. The van der Waals surface area contributed by atoms with Gasteiger partial charge in [-0.05, 0) is 24.5 Å². The molecule has 0 bridgehead atoms. The first-order chi connectivity index (χ1) is 11.6. The van der Waals surface area contributed by atoms with Gasteiger partial charge in [-0.15, -0.1) is 0 Å². The van der Waals surface area contributed by atoms with E-state index in [2.05, 4.69) is 4.98 Å². The van der Waals surface area contributed by atoms with Crippen molar-refractivity contribution in [2.45, 2.75) is 44.6 Å². The third-order valence-corrected chi connectivity index (χ3v) is 5.11. The standard InChI is InChI=1S/C17H21ClN2O4/c18-15-12(17(22)23)5-6-14(19-15)20-9-7-13(16(20)21)24-10-8-11-3-1-2-4-11/h5-6,11,13H,1-4,7-10H2,(H,22,23). The van der Waals surface area contributed by atoms with Crippen LogP contribution in [-0.4, -0.2) is 41.2 Å². The minimum absolute atomic E-state index is 0.0728. The van der Waals surface area contributed by atoms with Crippen molar-refractivity contribution in [1.29, 1.82) is 0 Å². The van der Waals surface area contributed by atoms with E-state index >= 15 is 0 Å². The van der Waals surface area contributed by atoms with E-state index in [1.54, 1.807) is 0 Å². The Hall–Kier alpha value is -1.66. The molecule has 7 heteroatoms. The van der Waals surface area contributed by atoms with Crippen molar-refractivity contribution < 1.29 is 19.4 Å². The second-order valence-electron chi connectivity index (χ2n) is 6.39. The van der Waals surface area contributed by atoms with Gasteiger partial charge in [-0.25, -0.2) is 9.78 Å². The molecule has 1 unspecified atom stereocenters. The Morgan fingerprint density at radius 3 is 2.75 bits per heavy atom. The molecule has 1 aliphatic carbocycles. The molecule has 1 amide bonds. The summed E-state index contributed by atoms with van der Waals surface area (Å²) in [6, 6.07) is 2.88. The van der Waals surface area contributed by atoms with Gasteiger partial charge in [0.2, 0.25) is 0 Å². The van der Waals surface area contributed by atoms with E-state index in [1.165, 1.54) is 42.7 Å². The maximum absolute atomic E-state index is 12.5. The molecule has 1 saturated carbocycles. The summed E-state index contributed by atoms with van der Waals surface area (Å²) < 4.78 is 5.77. The highest BCUT2D eigenvalue weighted by Gasteiger charge is 2.34. The number of hydrogen-bond donors (Lipinski definition) is 1. The fraction of sp³-hybridized carbons (Fsp3) is 0.588. The molecule has 6 nitrogen and oxygen atoms in total. The van der Waals surface area contributed by atoms with Gasteiger partial charge >= 0.3 is 5.97 Å². The lowest BCUT2D eigenvalue weighted by Gasteiger charge is -2.17. The number of anilines is 1. The van der Waals surface area contributed by atoms with Crippen LogP contribution in [0.1, 0.15) is 48.9 Å². The Bertz CT molecular complexity index is 631. The number of carboxylic acids is 1. The van der Waals surface area contributed by atoms with Crippen molar-refractivity contribution in [1.82, 2.24) is 4.98 Å². The largest absolute Gasteiger partial charge is 0.478 e. The van der Waals surface area contributed by atoms with Crippen molar-refractivity contribution in [3.63, 3.8) is 0 Å². The minimum atomic E-state index is -1.14. The summed E-state index contributed by atoms with van der Waals surface area (Å²) in [5.74, 6) is -0.161. The topological polar surface area (TPSA) is 79.7 Å². The third-order valence-electron chi connectivity index (χ3n) is 4.82. The maximum atomic E-state index is 12.5. The molecule has 3 rings (SSSR count). The van der Waals surface area contributed by atoms with Crippen molar-refractivity contribution in [2.24, 2.45) is 5.92 Å². The van der Waals surface area contributed by atoms with Crippen LogP contribution in [0.4, 0.5) is 5.82 Å². The highest BCUT2D eigenvalue weighted by Crippen LogP contribution is 2.28. The van der Waals surface area contributed by atoms with Gasteiger partial charge in [0, 0.05) is 19.6 Å². The maximum Gasteiger partial charge on any atom is 0.338 e. The molecule has 1 aromatic heterocycles. The van der Waals surface area contributed by atoms with Crippen molar-refractivity contribution in [3.05, 3.63) is 22.8 Å². The number of carbonyl (C=O) groups excluding carboxylic acids is 1. The summed E-state index contributed by atoms with van der Waals surface area (Å²) in [6.45, 7) is 1.11. The molecule has 2 aliphatic rings. The van der Waals surface area contributed by atoms with Crippen LogP contribution in [0.5, 0.6) is 0 Å². The Balaban J connectivity index is 1.57. The van der Waals surface area contributed by atoms with Gasteiger partial charge in [-0.1, -0.05) is 37.3 Å². The molecule has 0 aromatic carbocycles. The van der Waals surface area contributed by atoms with Crippen LogP contribution in [0.15, 0.2) is 12.1 Å². The lowest BCUT2D eigenvalue weighted by Crippen LogP contribution is -2.31. The molecule has 1 atom stereocenters. The number of pyridine rings is 1. The van der Waals surface area contributed by atoms with Crippen LogP contribution < -0.4 is 4.90 Å². The summed E-state index contributed by atoms with van der Waals surface area (Å²) in [7, 11) is 0. The lowest BCUT2D eigenvalue weighted by atomic mass is 10.1. The molecule has 2 fully saturated rings. The van der Waals surface area contributed by atoms with E-state index in [1.807, 2.05) is 0 Å². The monoisotopic (exact) mass is 352 g/mol. The van der Waals surface area contributed by atoms with Crippen LogP contribution in [0.25, 0.3) is 0 Å². The Kier molecular flexibility index (Phi) is 5.36. The van der Waals surface area contributed by atoms with E-state index in [0.29, 0.717) is 25.4 Å². The van der Waals surface area contributed by atoms with Crippen LogP contribution in [0.3, 0.4) is 0 Å². The number of rotatable bonds is 6. The average molecular weight is 353 g/mol. The van der Waals surface area contributed by atoms with Crippen LogP contribution in [-0.2, 0) is 9.53 Å². The lowest BCUT2D eigenvalue weighted by molar-refractivity contribution is -0.127. The molecule has 1 aliphatic heterocycles. The molecule has 0 spiro atoms. The fourth-order valence-corrected chi connectivity index (χ4v) is 3.68. The number of hydrogen-bond acceptors (Lipinski definition) is 4. The molecule has 2 heterocycles. The van der Waals surface area contributed by atoms with Crippen molar-refractivity contribution in [2.75, 3.05) is 18.1 Å². The number of aromatic nitrogens is 1. The van der Waals surface area contributed by atoms with E-state index in [0.717, 1.165) is 12.3 Å². The predicted molar refractivity (Wildman–Crippen MR) is 89.5 cm³/mol. The van der Waals surface area contributed by atoms with Gasteiger partial charge in [0.05, 0.1) is 5.56 Å². The van der Waals surface area contributed by atoms with E-state index in [9.17, 15) is 9.59 Å². The number of ether oxygens (including phenoxy) is 1. The SMILES string of the molecule is O=C(O)c1ccc(N2CCC(OCCC3CCCC3)C2=O)nc1Cl.